The highest BCUT2D eigenvalue weighted by atomic mass is 35.5. The Kier molecular flexibility index (Phi) is 5.79. The number of pyridine rings is 1. The molecule has 1 heterocycles. The average Bonchev–Trinajstić information content (AvgIpc) is 2.42. The van der Waals surface area contributed by atoms with E-state index in [1.54, 1.807) is 24.3 Å². The highest BCUT2D eigenvalue weighted by Crippen LogP contribution is 2.29. The summed E-state index contributed by atoms with van der Waals surface area (Å²) in [5.74, 6) is -0.237. The van der Waals surface area contributed by atoms with Gasteiger partial charge in [0.15, 0.2) is 5.82 Å². The van der Waals surface area contributed by atoms with Crippen molar-refractivity contribution in [3.05, 3.63) is 51.9 Å². The van der Waals surface area contributed by atoms with Gasteiger partial charge in [0.1, 0.15) is 5.75 Å². The Morgan fingerprint density at radius 1 is 1.24 bits per heavy atom. The van der Waals surface area contributed by atoms with Gasteiger partial charge in [-0.15, -0.1) is 0 Å². The van der Waals surface area contributed by atoms with E-state index in [4.69, 9.17) is 27.9 Å². The number of halogens is 3. The van der Waals surface area contributed by atoms with Crippen molar-refractivity contribution in [3.63, 3.8) is 0 Å². The van der Waals surface area contributed by atoms with Crippen LogP contribution in [0.5, 0.6) is 11.6 Å². The Labute approximate surface area is 133 Å². The Balaban J connectivity index is 2.18. The fourth-order valence-electron chi connectivity index (χ4n) is 1.77. The molecule has 2 aromatic rings. The van der Waals surface area contributed by atoms with Gasteiger partial charge in [-0.3, -0.25) is 0 Å². The van der Waals surface area contributed by atoms with Crippen LogP contribution in [0.1, 0.15) is 18.9 Å². The summed E-state index contributed by atoms with van der Waals surface area (Å²) in [6, 6.07) is 6.30. The molecule has 6 heteroatoms. The summed E-state index contributed by atoms with van der Waals surface area (Å²) >= 11 is 11.8. The summed E-state index contributed by atoms with van der Waals surface area (Å²) in [4.78, 5) is 3.91. The zero-order chi connectivity index (χ0) is 15.2. The molecule has 0 fully saturated rings. The molecule has 0 aliphatic heterocycles. The fraction of sp³-hybridized carbons (Fsp3) is 0.267. The summed E-state index contributed by atoms with van der Waals surface area (Å²) in [6.45, 7) is 3.30. The van der Waals surface area contributed by atoms with Gasteiger partial charge in [-0.05, 0) is 37.2 Å². The molecule has 0 spiro atoms. The molecule has 0 atom stereocenters. The second-order valence-corrected chi connectivity index (χ2v) is 5.35. The summed E-state index contributed by atoms with van der Waals surface area (Å²) in [6.07, 6.45) is 2.49. The lowest BCUT2D eigenvalue weighted by molar-refractivity contribution is 0.417. The highest BCUT2D eigenvalue weighted by Gasteiger charge is 2.12. The standard InChI is InChI=1S/C15H15Cl2FN2O/c1-2-4-19-9-10-3-5-20-15(14(10)18)21-13-7-11(16)6-12(17)8-13/h3,5-8,19H,2,4,9H2,1H3. The molecular formula is C15H15Cl2FN2O. The van der Waals surface area contributed by atoms with Crippen LogP contribution in [0.25, 0.3) is 0 Å². The summed E-state index contributed by atoms with van der Waals surface area (Å²) in [5.41, 5.74) is 0.501. The van der Waals surface area contributed by atoms with Gasteiger partial charge in [-0.2, -0.15) is 0 Å². The molecule has 0 amide bonds. The van der Waals surface area contributed by atoms with Crippen LogP contribution in [0.2, 0.25) is 10.0 Å². The molecule has 0 aliphatic rings. The smallest absolute Gasteiger partial charge is 0.256 e. The van der Waals surface area contributed by atoms with E-state index in [0.717, 1.165) is 13.0 Å². The van der Waals surface area contributed by atoms with Crippen LogP contribution in [0, 0.1) is 5.82 Å². The summed E-state index contributed by atoms with van der Waals surface area (Å²) < 4.78 is 19.7. The van der Waals surface area contributed by atoms with Crippen molar-refractivity contribution >= 4 is 23.2 Å². The number of ether oxygens (including phenoxy) is 1. The van der Waals surface area contributed by atoms with E-state index in [0.29, 0.717) is 27.9 Å². The molecule has 0 saturated heterocycles. The maximum absolute atomic E-state index is 14.3. The molecule has 21 heavy (non-hydrogen) atoms. The number of aromatic nitrogens is 1. The van der Waals surface area contributed by atoms with Crippen molar-refractivity contribution in [2.45, 2.75) is 19.9 Å². The minimum atomic E-state index is -0.489. The molecule has 0 unspecified atom stereocenters. The number of nitrogens with one attached hydrogen (secondary N) is 1. The van der Waals surface area contributed by atoms with Crippen molar-refractivity contribution in [3.8, 4) is 11.6 Å². The van der Waals surface area contributed by atoms with Gasteiger partial charge < -0.3 is 10.1 Å². The van der Waals surface area contributed by atoms with Gasteiger partial charge in [0.05, 0.1) is 0 Å². The van der Waals surface area contributed by atoms with Crippen LogP contribution in [0.3, 0.4) is 0 Å². The predicted molar refractivity (Wildman–Crippen MR) is 82.7 cm³/mol. The molecule has 1 N–H and O–H groups in total. The normalized spacial score (nSPS) is 10.7. The molecule has 0 saturated carbocycles. The van der Waals surface area contributed by atoms with E-state index >= 15 is 0 Å². The molecule has 1 aromatic heterocycles. The lowest BCUT2D eigenvalue weighted by Crippen LogP contribution is -2.15. The van der Waals surface area contributed by atoms with Gasteiger partial charge in [-0.1, -0.05) is 30.1 Å². The number of rotatable bonds is 6. The predicted octanol–water partition coefficient (Wildman–Crippen LogP) is 4.82. The van der Waals surface area contributed by atoms with Crippen molar-refractivity contribution in [1.29, 1.82) is 0 Å². The van der Waals surface area contributed by atoms with E-state index in [1.807, 2.05) is 6.92 Å². The highest BCUT2D eigenvalue weighted by molar-refractivity contribution is 6.34. The molecule has 2 rings (SSSR count). The summed E-state index contributed by atoms with van der Waals surface area (Å²) in [7, 11) is 0. The number of hydrogen-bond acceptors (Lipinski definition) is 3. The molecule has 0 bridgehead atoms. The van der Waals surface area contributed by atoms with Crippen molar-refractivity contribution in [2.75, 3.05) is 6.54 Å². The Bertz CT molecular complexity index is 602. The monoisotopic (exact) mass is 328 g/mol. The van der Waals surface area contributed by atoms with Crippen molar-refractivity contribution in [1.82, 2.24) is 10.3 Å². The maximum atomic E-state index is 14.3. The first-order valence-corrected chi connectivity index (χ1v) is 7.33. The van der Waals surface area contributed by atoms with Crippen LogP contribution >= 0.6 is 23.2 Å². The fourth-order valence-corrected chi connectivity index (χ4v) is 2.27. The van der Waals surface area contributed by atoms with Crippen LogP contribution in [0.15, 0.2) is 30.5 Å². The first kappa shape index (κ1) is 16.0. The molecular weight excluding hydrogens is 314 g/mol. The van der Waals surface area contributed by atoms with Gasteiger partial charge in [0.2, 0.25) is 0 Å². The minimum absolute atomic E-state index is 0.0934. The lowest BCUT2D eigenvalue weighted by atomic mass is 10.2. The third kappa shape index (κ3) is 4.56. The molecule has 112 valence electrons. The van der Waals surface area contributed by atoms with Gasteiger partial charge >= 0.3 is 0 Å². The zero-order valence-corrected chi connectivity index (χ0v) is 13.0. The Morgan fingerprint density at radius 3 is 2.62 bits per heavy atom. The lowest BCUT2D eigenvalue weighted by Gasteiger charge is -2.10. The molecule has 3 nitrogen and oxygen atoms in total. The van der Waals surface area contributed by atoms with E-state index in [-0.39, 0.29) is 5.88 Å². The Morgan fingerprint density at radius 2 is 1.95 bits per heavy atom. The molecule has 0 aliphatic carbocycles. The van der Waals surface area contributed by atoms with Gasteiger partial charge in [-0.25, -0.2) is 9.37 Å². The van der Waals surface area contributed by atoms with Crippen LogP contribution in [-0.2, 0) is 6.54 Å². The van der Waals surface area contributed by atoms with Crippen LogP contribution in [0.4, 0.5) is 4.39 Å². The van der Waals surface area contributed by atoms with E-state index in [9.17, 15) is 4.39 Å². The molecule has 0 radical (unpaired) electrons. The number of benzene rings is 1. The third-order valence-corrected chi connectivity index (χ3v) is 3.17. The first-order valence-electron chi connectivity index (χ1n) is 6.58. The van der Waals surface area contributed by atoms with Crippen LogP contribution < -0.4 is 10.1 Å². The van der Waals surface area contributed by atoms with Gasteiger partial charge in [0, 0.05) is 28.4 Å². The maximum Gasteiger partial charge on any atom is 0.256 e. The largest absolute Gasteiger partial charge is 0.436 e. The second-order valence-electron chi connectivity index (χ2n) is 4.47. The Hall–Kier alpha value is -1.36. The van der Waals surface area contributed by atoms with E-state index in [2.05, 4.69) is 10.3 Å². The second kappa shape index (κ2) is 7.59. The SMILES string of the molecule is CCCNCc1ccnc(Oc2cc(Cl)cc(Cl)c2)c1F. The van der Waals surface area contributed by atoms with E-state index in [1.165, 1.54) is 6.20 Å². The number of hydrogen-bond donors (Lipinski definition) is 1. The minimum Gasteiger partial charge on any atom is -0.436 e. The average molecular weight is 329 g/mol. The van der Waals surface area contributed by atoms with Gasteiger partial charge in [0.25, 0.3) is 5.88 Å². The van der Waals surface area contributed by atoms with Crippen LogP contribution in [-0.4, -0.2) is 11.5 Å². The van der Waals surface area contributed by atoms with Crippen molar-refractivity contribution in [2.24, 2.45) is 0 Å². The third-order valence-electron chi connectivity index (χ3n) is 2.73. The first-order chi connectivity index (χ1) is 10.1. The molecule has 1 aromatic carbocycles. The quantitative estimate of drug-likeness (QED) is 0.772. The topological polar surface area (TPSA) is 34.2 Å². The zero-order valence-electron chi connectivity index (χ0n) is 11.5. The summed E-state index contributed by atoms with van der Waals surface area (Å²) in [5, 5.41) is 3.97. The van der Waals surface area contributed by atoms with Crippen molar-refractivity contribution < 1.29 is 9.13 Å². The van der Waals surface area contributed by atoms with E-state index < -0.39 is 5.82 Å². The number of nitrogens with zero attached hydrogens (tertiary/aromatic N) is 1.